The van der Waals surface area contributed by atoms with Crippen LogP contribution in [0, 0.1) is 11.8 Å². The fraction of sp³-hybridized carbons (Fsp3) is 0.600. The van der Waals surface area contributed by atoms with E-state index >= 15 is 0 Å². The zero-order valence-electron chi connectivity index (χ0n) is 11.3. The Bertz CT molecular complexity index is 417. The van der Waals surface area contributed by atoms with E-state index in [1.807, 2.05) is 18.2 Å². The van der Waals surface area contributed by atoms with Gasteiger partial charge in [0.1, 0.15) is 0 Å². The van der Waals surface area contributed by atoms with Crippen molar-refractivity contribution in [2.45, 2.75) is 45.1 Å². The Balaban J connectivity index is 2.14. The molecule has 3 N–H and O–H groups in total. The van der Waals surface area contributed by atoms with Crippen molar-refractivity contribution < 1.29 is 0 Å². The summed E-state index contributed by atoms with van der Waals surface area (Å²) in [6.45, 7) is 2.29. The normalized spacial score (nSPS) is 25.3. The van der Waals surface area contributed by atoms with Gasteiger partial charge in [0.05, 0.1) is 0 Å². The lowest BCUT2D eigenvalue weighted by molar-refractivity contribution is 0.219. The number of hydrazine groups is 1. The molecule has 0 aliphatic heterocycles. The van der Waals surface area contributed by atoms with E-state index in [2.05, 4.69) is 28.3 Å². The summed E-state index contributed by atoms with van der Waals surface area (Å²) < 4.78 is 1.08. The van der Waals surface area contributed by atoms with Crippen LogP contribution in [-0.2, 0) is 0 Å². The second-order valence-corrected chi connectivity index (χ2v) is 6.79. The molecule has 1 fully saturated rings. The molecule has 0 heterocycles. The van der Waals surface area contributed by atoms with Crippen molar-refractivity contribution in [3.63, 3.8) is 0 Å². The van der Waals surface area contributed by atoms with Gasteiger partial charge in [0, 0.05) is 15.5 Å². The van der Waals surface area contributed by atoms with E-state index in [-0.39, 0.29) is 6.04 Å². The number of benzene rings is 1. The number of hydrogen-bond donors (Lipinski definition) is 2. The van der Waals surface area contributed by atoms with Crippen LogP contribution < -0.4 is 11.3 Å². The second kappa shape index (κ2) is 7.07. The molecule has 0 saturated heterocycles. The highest BCUT2D eigenvalue weighted by Gasteiger charge is 2.28. The summed E-state index contributed by atoms with van der Waals surface area (Å²) in [5, 5.41) is 0.765. The lowest BCUT2D eigenvalue weighted by Gasteiger charge is -2.34. The summed E-state index contributed by atoms with van der Waals surface area (Å²) >= 11 is 9.72. The number of nitrogens with two attached hydrogens (primary N) is 1. The van der Waals surface area contributed by atoms with E-state index in [0.29, 0.717) is 5.92 Å². The Kier molecular flexibility index (Phi) is 5.70. The number of hydrogen-bond acceptors (Lipinski definition) is 2. The van der Waals surface area contributed by atoms with Crippen LogP contribution in [0.1, 0.15) is 50.6 Å². The largest absolute Gasteiger partial charge is 0.271 e. The zero-order valence-corrected chi connectivity index (χ0v) is 13.7. The fourth-order valence-electron chi connectivity index (χ4n) is 3.16. The molecule has 106 valence electrons. The van der Waals surface area contributed by atoms with Gasteiger partial charge in [-0.25, -0.2) is 0 Å². The molecule has 1 atom stereocenters. The van der Waals surface area contributed by atoms with Crippen LogP contribution in [0.2, 0.25) is 5.02 Å². The van der Waals surface area contributed by atoms with Crippen LogP contribution >= 0.6 is 27.5 Å². The molecular weight excluding hydrogens is 324 g/mol. The van der Waals surface area contributed by atoms with Crippen molar-refractivity contribution >= 4 is 27.5 Å². The third-order valence-electron chi connectivity index (χ3n) is 4.41. The van der Waals surface area contributed by atoms with Gasteiger partial charge in [-0.2, -0.15) is 0 Å². The van der Waals surface area contributed by atoms with Gasteiger partial charge >= 0.3 is 0 Å². The lowest BCUT2D eigenvalue weighted by Crippen LogP contribution is -2.35. The summed E-state index contributed by atoms with van der Waals surface area (Å²) in [5.74, 6) is 7.31. The topological polar surface area (TPSA) is 38.0 Å². The van der Waals surface area contributed by atoms with Crippen LogP contribution in [0.15, 0.2) is 22.7 Å². The maximum absolute atomic E-state index is 6.11. The summed E-state index contributed by atoms with van der Waals surface area (Å²) in [4.78, 5) is 0. The molecular formula is C15H22BrClN2. The molecule has 0 radical (unpaired) electrons. The molecule has 0 bridgehead atoms. The van der Waals surface area contributed by atoms with Gasteiger partial charge in [0.25, 0.3) is 0 Å². The van der Waals surface area contributed by atoms with Crippen molar-refractivity contribution in [1.29, 1.82) is 0 Å². The van der Waals surface area contributed by atoms with Crippen molar-refractivity contribution in [1.82, 2.24) is 5.43 Å². The van der Waals surface area contributed by atoms with Gasteiger partial charge in [-0.1, -0.05) is 53.7 Å². The van der Waals surface area contributed by atoms with Gasteiger partial charge in [-0.3, -0.25) is 11.3 Å². The van der Waals surface area contributed by atoms with Crippen LogP contribution in [-0.4, -0.2) is 0 Å². The number of rotatable bonds is 4. The monoisotopic (exact) mass is 344 g/mol. The van der Waals surface area contributed by atoms with Crippen LogP contribution in [0.4, 0.5) is 0 Å². The minimum Gasteiger partial charge on any atom is -0.271 e. The third kappa shape index (κ3) is 3.72. The first kappa shape index (κ1) is 15.3. The number of halogens is 2. The lowest BCUT2D eigenvalue weighted by atomic mass is 9.76. The summed E-state index contributed by atoms with van der Waals surface area (Å²) in [6.07, 6.45) is 6.42. The third-order valence-corrected chi connectivity index (χ3v) is 5.37. The predicted octanol–water partition coefficient (Wildman–Crippen LogP) is 4.82. The molecule has 0 amide bonds. The highest BCUT2D eigenvalue weighted by atomic mass is 79.9. The van der Waals surface area contributed by atoms with Crippen molar-refractivity contribution in [2.75, 3.05) is 0 Å². The SMILES string of the molecule is CCC1CCC(C(NN)c2cc(Cl)ccc2Br)CC1. The Labute approximate surface area is 129 Å². The Hall–Kier alpha value is -0.0900. The molecule has 19 heavy (non-hydrogen) atoms. The highest BCUT2D eigenvalue weighted by molar-refractivity contribution is 9.10. The molecule has 1 saturated carbocycles. The standard InChI is InChI=1S/C15H22BrClN2/c1-2-10-3-5-11(6-4-10)15(19-18)13-9-12(17)7-8-14(13)16/h7-11,15,19H,2-6,18H2,1H3. The van der Waals surface area contributed by atoms with Gasteiger partial charge in [0.2, 0.25) is 0 Å². The summed E-state index contributed by atoms with van der Waals surface area (Å²) in [7, 11) is 0. The average Bonchev–Trinajstić information content (AvgIpc) is 2.44. The highest BCUT2D eigenvalue weighted by Crippen LogP contribution is 2.40. The first-order valence-corrected chi connectivity index (χ1v) is 8.23. The summed E-state index contributed by atoms with van der Waals surface area (Å²) in [6, 6.07) is 6.10. The average molecular weight is 346 g/mol. The van der Waals surface area contributed by atoms with E-state index in [9.17, 15) is 0 Å². The number of nitrogens with one attached hydrogen (secondary N) is 1. The predicted molar refractivity (Wildman–Crippen MR) is 85.0 cm³/mol. The molecule has 1 aliphatic carbocycles. The van der Waals surface area contributed by atoms with E-state index in [4.69, 9.17) is 17.4 Å². The molecule has 1 aromatic rings. The molecule has 2 nitrogen and oxygen atoms in total. The van der Waals surface area contributed by atoms with Crippen LogP contribution in [0.5, 0.6) is 0 Å². The Morgan fingerprint density at radius 3 is 2.63 bits per heavy atom. The van der Waals surface area contributed by atoms with E-state index in [0.717, 1.165) is 15.4 Å². The zero-order chi connectivity index (χ0) is 13.8. The van der Waals surface area contributed by atoms with E-state index < -0.39 is 0 Å². The van der Waals surface area contributed by atoms with Crippen LogP contribution in [0.25, 0.3) is 0 Å². The molecule has 1 unspecified atom stereocenters. The minimum atomic E-state index is 0.186. The maximum atomic E-state index is 6.11. The van der Waals surface area contributed by atoms with Gasteiger partial charge in [0.15, 0.2) is 0 Å². The molecule has 1 aliphatic rings. The van der Waals surface area contributed by atoms with Crippen molar-refractivity contribution in [3.8, 4) is 0 Å². The molecule has 2 rings (SSSR count). The van der Waals surface area contributed by atoms with E-state index in [1.165, 1.54) is 37.7 Å². The van der Waals surface area contributed by atoms with Crippen LogP contribution in [0.3, 0.4) is 0 Å². The van der Waals surface area contributed by atoms with Gasteiger partial charge < -0.3 is 0 Å². The van der Waals surface area contributed by atoms with Gasteiger partial charge in [-0.05, 0) is 48.4 Å². The van der Waals surface area contributed by atoms with Crippen molar-refractivity contribution in [3.05, 3.63) is 33.3 Å². The van der Waals surface area contributed by atoms with Gasteiger partial charge in [-0.15, -0.1) is 0 Å². The fourth-order valence-corrected chi connectivity index (χ4v) is 3.84. The maximum Gasteiger partial charge on any atom is 0.0499 e. The molecule has 1 aromatic carbocycles. The first-order chi connectivity index (χ1) is 9.15. The molecule has 0 aromatic heterocycles. The molecule has 4 heteroatoms. The second-order valence-electron chi connectivity index (χ2n) is 5.50. The smallest absolute Gasteiger partial charge is 0.0499 e. The Morgan fingerprint density at radius 2 is 2.05 bits per heavy atom. The summed E-state index contributed by atoms with van der Waals surface area (Å²) in [5.41, 5.74) is 4.18. The van der Waals surface area contributed by atoms with Crippen molar-refractivity contribution in [2.24, 2.45) is 17.7 Å². The minimum absolute atomic E-state index is 0.186. The first-order valence-electron chi connectivity index (χ1n) is 7.06. The molecule has 0 spiro atoms. The Morgan fingerprint density at radius 1 is 1.37 bits per heavy atom. The van der Waals surface area contributed by atoms with E-state index in [1.54, 1.807) is 0 Å². The quantitative estimate of drug-likeness (QED) is 0.606.